The van der Waals surface area contributed by atoms with Crippen molar-refractivity contribution >= 4 is 57.6 Å². The Morgan fingerprint density at radius 2 is 1.95 bits per heavy atom. The number of esters is 1. The number of carbonyl (C=O) groups is 2. The fourth-order valence-electron chi connectivity index (χ4n) is 3.35. The van der Waals surface area contributed by atoms with Crippen molar-refractivity contribution in [1.82, 2.24) is 4.98 Å². The first-order valence-electron chi connectivity index (χ1n) is 11.1. The maximum atomic E-state index is 12.7. The number of amides is 1. The van der Waals surface area contributed by atoms with E-state index >= 15 is 0 Å². The number of nitrogens with zero attached hydrogens (tertiary/aromatic N) is 2. The van der Waals surface area contributed by atoms with Crippen LogP contribution in [-0.2, 0) is 16.0 Å². The zero-order valence-corrected chi connectivity index (χ0v) is 21.8. The molecule has 0 aliphatic rings. The quantitative estimate of drug-likeness (QED) is 0.143. The number of nitriles is 1. The Hall–Kier alpha value is -3.90. The standard InChI is InChI=1S/C27H19Cl2N3O4S/c1-2-35-26(34)17-8-6-16(7-9-17)23-11-10-20(36-23)12-19(14-30)25(33)32-27-31-15-21(37-27)13-18-4-3-5-22(28)24(18)29/h3-12,15H,2,13H2,1H3,(H,31,32,33)/b19-12-. The fourth-order valence-corrected chi connectivity index (χ4v) is 4.56. The van der Waals surface area contributed by atoms with Gasteiger partial charge in [-0.05, 0) is 42.8 Å². The smallest absolute Gasteiger partial charge is 0.338 e. The Kier molecular flexibility index (Phi) is 8.41. The van der Waals surface area contributed by atoms with Crippen molar-refractivity contribution in [3.63, 3.8) is 0 Å². The number of hydrogen-bond acceptors (Lipinski definition) is 7. The third-order valence-corrected chi connectivity index (χ3v) is 6.90. The lowest BCUT2D eigenvalue weighted by molar-refractivity contribution is -0.112. The maximum absolute atomic E-state index is 12.7. The summed E-state index contributed by atoms with van der Waals surface area (Å²) in [5.74, 6) is -0.168. The lowest BCUT2D eigenvalue weighted by Gasteiger charge is -2.03. The molecular formula is C27H19Cl2N3O4S. The number of ether oxygens (including phenoxy) is 1. The van der Waals surface area contributed by atoms with Crippen LogP contribution in [0.3, 0.4) is 0 Å². The second-order valence-corrected chi connectivity index (χ2v) is 9.55. The van der Waals surface area contributed by atoms with Crippen molar-refractivity contribution in [3.05, 3.63) is 98.2 Å². The molecule has 0 atom stereocenters. The minimum Gasteiger partial charge on any atom is -0.462 e. The first-order valence-corrected chi connectivity index (χ1v) is 12.6. The summed E-state index contributed by atoms with van der Waals surface area (Å²) in [4.78, 5) is 29.6. The van der Waals surface area contributed by atoms with Crippen LogP contribution in [0.5, 0.6) is 0 Å². The number of benzene rings is 2. The summed E-state index contributed by atoms with van der Waals surface area (Å²) in [5.41, 5.74) is 1.86. The average Bonchev–Trinajstić information content (AvgIpc) is 3.55. The number of carbonyl (C=O) groups excluding carboxylic acids is 2. The molecular weight excluding hydrogens is 533 g/mol. The Morgan fingerprint density at radius 1 is 1.16 bits per heavy atom. The molecule has 7 nitrogen and oxygen atoms in total. The van der Waals surface area contributed by atoms with Crippen molar-refractivity contribution in [3.8, 4) is 17.4 Å². The molecule has 0 unspecified atom stereocenters. The highest BCUT2D eigenvalue weighted by Crippen LogP contribution is 2.30. The average molecular weight is 552 g/mol. The number of hydrogen-bond donors (Lipinski definition) is 1. The first kappa shape index (κ1) is 26.2. The van der Waals surface area contributed by atoms with Crippen LogP contribution in [0.15, 0.2) is 70.8 Å². The molecule has 1 amide bonds. The van der Waals surface area contributed by atoms with Gasteiger partial charge in [-0.1, -0.05) is 47.5 Å². The topological polar surface area (TPSA) is 105 Å². The van der Waals surface area contributed by atoms with Gasteiger partial charge >= 0.3 is 5.97 Å². The van der Waals surface area contributed by atoms with Crippen molar-refractivity contribution in [1.29, 1.82) is 5.26 Å². The van der Waals surface area contributed by atoms with Gasteiger partial charge < -0.3 is 9.15 Å². The highest BCUT2D eigenvalue weighted by molar-refractivity contribution is 7.15. The number of halogens is 2. The fraction of sp³-hybridized carbons (Fsp3) is 0.111. The molecule has 0 saturated carbocycles. The van der Waals surface area contributed by atoms with Gasteiger partial charge in [0.15, 0.2) is 5.13 Å². The number of rotatable bonds is 8. The van der Waals surface area contributed by atoms with E-state index < -0.39 is 11.9 Å². The first-order chi connectivity index (χ1) is 17.9. The minimum absolute atomic E-state index is 0.145. The van der Waals surface area contributed by atoms with Gasteiger partial charge in [-0.25, -0.2) is 9.78 Å². The van der Waals surface area contributed by atoms with E-state index in [1.165, 1.54) is 17.4 Å². The van der Waals surface area contributed by atoms with Gasteiger partial charge in [-0.3, -0.25) is 10.1 Å². The highest BCUT2D eigenvalue weighted by atomic mass is 35.5. The van der Waals surface area contributed by atoms with Crippen LogP contribution in [0.2, 0.25) is 10.0 Å². The van der Waals surface area contributed by atoms with Gasteiger partial charge in [-0.15, -0.1) is 11.3 Å². The second-order valence-electron chi connectivity index (χ2n) is 7.65. The van der Waals surface area contributed by atoms with E-state index in [0.717, 1.165) is 16.0 Å². The molecule has 4 aromatic rings. The van der Waals surface area contributed by atoms with Crippen molar-refractivity contribution < 1.29 is 18.7 Å². The van der Waals surface area contributed by atoms with Crippen LogP contribution in [0.25, 0.3) is 17.4 Å². The molecule has 0 saturated heterocycles. The maximum Gasteiger partial charge on any atom is 0.338 e. The van der Waals surface area contributed by atoms with Crippen molar-refractivity contribution in [2.24, 2.45) is 0 Å². The molecule has 0 aliphatic heterocycles. The Balaban J connectivity index is 1.43. The molecule has 37 heavy (non-hydrogen) atoms. The molecule has 0 radical (unpaired) electrons. The zero-order chi connectivity index (χ0) is 26.4. The molecule has 0 aliphatic carbocycles. The van der Waals surface area contributed by atoms with E-state index in [1.807, 2.05) is 18.2 Å². The molecule has 2 aromatic heterocycles. The van der Waals surface area contributed by atoms with Gasteiger partial charge in [0, 0.05) is 29.1 Å². The summed E-state index contributed by atoms with van der Waals surface area (Å²) in [7, 11) is 0. The van der Waals surface area contributed by atoms with Gasteiger partial charge in [0.05, 0.1) is 22.2 Å². The van der Waals surface area contributed by atoms with E-state index in [-0.39, 0.29) is 5.57 Å². The lowest BCUT2D eigenvalue weighted by atomic mass is 10.1. The third kappa shape index (κ3) is 6.46. The highest BCUT2D eigenvalue weighted by Gasteiger charge is 2.15. The molecule has 1 N–H and O–H groups in total. The number of thiazole rings is 1. The third-order valence-electron chi connectivity index (χ3n) is 5.13. The Labute approximate surface area is 226 Å². The molecule has 0 spiro atoms. The molecule has 0 bridgehead atoms. The minimum atomic E-state index is -0.610. The lowest BCUT2D eigenvalue weighted by Crippen LogP contribution is -2.13. The number of furan rings is 1. The molecule has 0 fully saturated rings. The van der Waals surface area contributed by atoms with Crippen molar-refractivity contribution in [2.75, 3.05) is 11.9 Å². The van der Waals surface area contributed by atoms with E-state index in [0.29, 0.717) is 45.3 Å². The molecule has 186 valence electrons. The van der Waals surface area contributed by atoms with E-state index in [4.69, 9.17) is 32.4 Å². The normalized spacial score (nSPS) is 11.1. The summed E-state index contributed by atoms with van der Waals surface area (Å²) in [6, 6.07) is 17.4. The molecule has 2 heterocycles. The molecule has 10 heteroatoms. The number of anilines is 1. The number of aromatic nitrogens is 1. The summed E-state index contributed by atoms with van der Waals surface area (Å²) >= 11 is 13.6. The van der Waals surface area contributed by atoms with Crippen LogP contribution in [0, 0.1) is 11.3 Å². The monoisotopic (exact) mass is 551 g/mol. The van der Waals surface area contributed by atoms with Crippen LogP contribution < -0.4 is 5.32 Å². The predicted molar refractivity (Wildman–Crippen MR) is 144 cm³/mol. The van der Waals surface area contributed by atoms with Crippen LogP contribution in [-0.4, -0.2) is 23.5 Å². The largest absolute Gasteiger partial charge is 0.462 e. The van der Waals surface area contributed by atoms with E-state index in [9.17, 15) is 14.9 Å². The predicted octanol–water partition coefficient (Wildman–Crippen LogP) is 7.02. The molecule has 2 aromatic carbocycles. The number of nitrogens with one attached hydrogen (secondary N) is 1. The molecule has 4 rings (SSSR count). The SMILES string of the molecule is CCOC(=O)c1ccc(-c2ccc(/C=C(/C#N)C(=O)Nc3ncc(Cc4cccc(Cl)c4Cl)s3)o2)cc1. The van der Waals surface area contributed by atoms with Gasteiger partial charge in [-0.2, -0.15) is 5.26 Å². The van der Waals surface area contributed by atoms with Crippen LogP contribution >= 0.6 is 34.5 Å². The Morgan fingerprint density at radius 3 is 2.68 bits per heavy atom. The van der Waals surface area contributed by atoms with Crippen LogP contribution in [0.4, 0.5) is 5.13 Å². The summed E-state index contributed by atoms with van der Waals surface area (Å²) in [5, 5.41) is 13.5. The van der Waals surface area contributed by atoms with Crippen molar-refractivity contribution in [2.45, 2.75) is 13.3 Å². The van der Waals surface area contributed by atoms with Gasteiger partial charge in [0.1, 0.15) is 23.2 Å². The van der Waals surface area contributed by atoms with E-state index in [1.54, 1.807) is 55.6 Å². The van der Waals surface area contributed by atoms with Crippen LogP contribution in [0.1, 0.15) is 33.5 Å². The summed E-state index contributed by atoms with van der Waals surface area (Å²) in [6.45, 7) is 2.04. The van der Waals surface area contributed by atoms with Gasteiger partial charge in [0.2, 0.25) is 0 Å². The zero-order valence-electron chi connectivity index (χ0n) is 19.5. The summed E-state index contributed by atoms with van der Waals surface area (Å²) < 4.78 is 10.8. The van der Waals surface area contributed by atoms with E-state index in [2.05, 4.69) is 10.3 Å². The summed E-state index contributed by atoms with van der Waals surface area (Å²) in [6.07, 6.45) is 3.50. The second kappa shape index (κ2) is 11.9. The Bertz CT molecular complexity index is 1520. The van der Waals surface area contributed by atoms with Gasteiger partial charge in [0.25, 0.3) is 5.91 Å².